The zero-order valence-corrected chi connectivity index (χ0v) is 26.0. The molecule has 0 aliphatic heterocycles. The molecule has 0 bridgehead atoms. The van der Waals surface area contributed by atoms with Crippen molar-refractivity contribution in [3.8, 4) is 0 Å². The van der Waals surface area contributed by atoms with Crippen LogP contribution < -0.4 is 10.0 Å². The highest BCUT2D eigenvalue weighted by Crippen LogP contribution is 2.27. The Hall–Kier alpha value is -1.15. The van der Waals surface area contributed by atoms with Gasteiger partial charge >= 0.3 is 0 Å². The summed E-state index contributed by atoms with van der Waals surface area (Å²) in [5.74, 6) is -1.19. The van der Waals surface area contributed by atoms with E-state index in [2.05, 4.69) is 17.0 Å². The van der Waals surface area contributed by atoms with Crippen LogP contribution in [0.5, 0.6) is 0 Å². The first-order valence-electron chi connectivity index (χ1n) is 14.2. The number of unbranched alkanes of at least 4 members (excludes halogenated alkanes) is 13. The minimum absolute atomic E-state index is 0.0177. The van der Waals surface area contributed by atoms with Gasteiger partial charge in [-0.25, -0.2) is 13.1 Å². The van der Waals surface area contributed by atoms with Crippen LogP contribution >= 0.6 is 23.2 Å². The lowest BCUT2D eigenvalue weighted by atomic mass is 9.88. The molecule has 0 aromatic heterocycles. The quantitative estimate of drug-likeness (QED) is 0.0907. The van der Waals surface area contributed by atoms with Gasteiger partial charge in [-0.05, 0) is 24.6 Å². The third-order valence-electron chi connectivity index (χ3n) is 6.53. The van der Waals surface area contributed by atoms with Crippen LogP contribution in [0, 0.1) is 5.41 Å². The van der Waals surface area contributed by atoms with E-state index < -0.39 is 32.5 Å². The number of hydrogen-bond acceptors (Lipinski definition) is 4. The number of benzene rings is 1. The summed E-state index contributed by atoms with van der Waals surface area (Å²) in [5, 5.41) is 1.22. The summed E-state index contributed by atoms with van der Waals surface area (Å²) in [7, 11) is -3.77. The molecule has 9 heteroatoms. The van der Waals surface area contributed by atoms with Crippen LogP contribution in [0.1, 0.15) is 118 Å². The topological polar surface area (TPSA) is 92.3 Å². The number of ketones is 1. The van der Waals surface area contributed by atoms with Gasteiger partial charge in [0.05, 0.1) is 15.6 Å². The van der Waals surface area contributed by atoms with Crippen LogP contribution in [0.2, 0.25) is 5.02 Å². The molecule has 38 heavy (non-hydrogen) atoms. The van der Waals surface area contributed by atoms with Gasteiger partial charge in [-0.3, -0.25) is 9.59 Å². The second kappa shape index (κ2) is 18.2. The number of anilines is 1. The maximum absolute atomic E-state index is 12.7. The summed E-state index contributed by atoms with van der Waals surface area (Å²) < 4.78 is 28.1. The number of nitrogens with one attached hydrogen (secondary N) is 2. The van der Waals surface area contributed by atoms with Crippen molar-refractivity contribution in [2.75, 3.05) is 11.9 Å². The minimum Gasteiger partial charge on any atom is -0.323 e. The number of Topliss-reactive ketones (excluding diaryl/α,β-unsaturated/α-hetero) is 1. The number of rotatable bonds is 20. The maximum atomic E-state index is 12.7. The molecular weight excluding hydrogens is 543 g/mol. The van der Waals surface area contributed by atoms with Crippen molar-refractivity contribution in [3.05, 3.63) is 23.2 Å². The second-order valence-corrected chi connectivity index (χ2v) is 13.7. The number of amides is 1. The monoisotopic (exact) mass is 590 g/mol. The van der Waals surface area contributed by atoms with Gasteiger partial charge in [0.1, 0.15) is 0 Å². The highest BCUT2D eigenvalue weighted by atomic mass is 35.5. The first-order chi connectivity index (χ1) is 17.9. The summed E-state index contributed by atoms with van der Waals surface area (Å²) in [5.41, 5.74) is -0.709. The summed E-state index contributed by atoms with van der Waals surface area (Å²) in [6.07, 6.45) is 17.3. The molecule has 1 amide bonds. The molecule has 1 unspecified atom stereocenters. The zero-order chi connectivity index (χ0) is 28.6. The Morgan fingerprint density at radius 3 is 1.79 bits per heavy atom. The van der Waals surface area contributed by atoms with Crippen LogP contribution in [0.15, 0.2) is 23.1 Å². The lowest BCUT2D eigenvalue weighted by molar-refractivity contribution is -0.130. The van der Waals surface area contributed by atoms with Gasteiger partial charge in [-0.15, -0.1) is 11.6 Å². The van der Waals surface area contributed by atoms with Crippen molar-refractivity contribution in [1.82, 2.24) is 4.72 Å². The lowest BCUT2D eigenvalue weighted by Gasteiger charge is -2.20. The highest BCUT2D eigenvalue weighted by Gasteiger charge is 2.33. The van der Waals surface area contributed by atoms with E-state index in [-0.39, 0.29) is 15.6 Å². The Bertz CT molecular complexity index is 962. The van der Waals surface area contributed by atoms with E-state index in [4.69, 9.17) is 23.2 Å². The molecule has 0 aliphatic rings. The number of alkyl halides is 1. The maximum Gasteiger partial charge on any atom is 0.250 e. The molecule has 2 N–H and O–H groups in total. The van der Waals surface area contributed by atoms with Gasteiger partial charge in [0.2, 0.25) is 15.9 Å². The fourth-order valence-corrected chi connectivity index (χ4v) is 5.72. The number of halogens is 2. The molecule has 0 spiro atoms. The van der Waals surface area contributed by atoms with E-state index in [0.29, 0.717) is 6.54 Å². The van der Waals surface area contributed by atoms with Gasteiger partial charge in [-0.2, -0.15) is 0 Å². The van der Waals surface area contributed by atoms with Crippen molar-refractivity contribution in [2.45, 2.75) is 128 Å². The van der Waals surface area contributed by atoms with E-state index in [0.717, 1.165) is 19.3 Å². The van der Waals surface area contributed by atoms with Crippen molar-refractivity contribution >= 4 is 50.6 Å². The Balaban J connectivity index is 2.35. The first kappa shape index (κ1) is 34.9. The zero-order valence-electron chi connectivity index (χ0n) is 23.7. The molecular formula is C29H48Cl2N2O4S. The summed E-state index contributed by atoms with van der Waals surface area (Å²) >= 11 is 12.2. The lowest BCUT2D eigenvalue weighted by Crippen LogP contribution is -2.37. The summed E-state index contributed by atoms with van der Waals surface area (Å²) in [4.78, 5) is 24.7. The number of sulfonamides is 1. The molecule has 218 valence electrons. The van der Waals surface area contributed by atoms with Crippen molar-refractivity contribution in [3.63, 3.8) is 0 Å². The molecule has 6 nitrogen and oxygen atoms in total. The Kier molecular flexibility index (Phi) is 16.7. The van der Waals surface area contributed by atoms with Crippen LogP contribution in [0.4, 0.5) is 5.69 Å². The number of hydrogen-bond donors (Lipinski definition) is 2. The SMILES string of the molecule is CCCCCCCCCCCCCCCCNS(=O)(=O)c1ccc(Cl)c(NC(=O)C(Cl)C(=O)C(C)(C)C)c1. The molecule has 0 radical (unpaired) electrons. The molecule has 0 fully saturated rings. The molecule has 0 saturated heterocycles. The fourth-order valence-electron chi connectivity index (χ4n) is 4.07. The molecule has 0 saturated carbocycles. The molecule has 1 rings (SSSR count). The average molecular weight is 592 g/mol. The molecule has 1 aromatic rings. The van der Waals surface area contributed by atoms with E-state index in [1.807, 2.05) is 0 Å². The standard InChI is InChI=1S/C29H48Cl2N2O4S/c1-5-6-7-8-9-10-11-12-13-14-15-16-17-18-21-32-38(36,37)23-19-20-24(30)25(22-23)33-28(35)26(31)27(34)29(2,3)4/h19-20,22,26,32H,5-18,21H2,1-4H3,(H,33,35). The molecule has 1 atom stereocenters. The second-order valence-electron chi connectivity index (χ2n) is 11.1. The molecule has 0 heterocycles. The minimum atomic E-state index is -3.77. The average Bonchev–Trinajstić information content (AvgIpc) is 2.86. The molecule has 1 aromatic carbocycles. The summed E-state index contributed by atoms with van der Waals surface area (Å²) in [6.45, 7) is 7.59. The van der Waals surface area contributed by atoms with Crippen molar-refractivity contribution in [1.29, 1.82) is 0 Å². The van der Waals surface area contributed by atoms with Crippen LogP contribution in [0.3, 0.4) is 0 Å². The predicted molar refractivity (Wildman–Crippen MR) is 160 cm³/mol. The Morgan fingerprint density at radius 2 is 1.32 bits per heavy atom. The van der Waals surface area contributed by atoms with E-state index in [9.17, 15) is 18.0 Å². The third-order valence-corrected chi connectivity index (χ3v) is 8.71. The van der Waals surface area contributed by atoms with Crippen LogP contribution in [0.25, 0.3) is 0 Å². The van der Waals surface area contributed by atoms with Gasteiger partial charge < -0.3 is 5.32 Å². The highest BCUT2D eigenvalue weighted by molar-refractivity contribution is 7.89. The first-order valence-corrected chi connectivity index (χ1v) is 16.5. The van der Waals surface area contributed by atoms with Gasteiger partial charge in [0.25, 0.3) is 0 Å². The van der Waals surface area contributed by atoms with Crippen LogP contribution in [-0.4, -0.2) is 32.0 Å². The largest absolute Gasteiger partial charge is 0.323 e. The third kappa shape index (κ3) is 13.8. The van der Waals surface area contributed by atoms with Crippen LogP contribution in [-0.2, 0) is 19.6 Å². The normalized spacial score (nSPS) is 12.9. The fraction of sp³-hybridized carbons (Fsp3) is 0.724. The predicted octanol–water partition coefficient (Wildman–Crippen LogP) is 8.26. The Labute approximate surface area is 241 Å². The molecule has 0 aliphatic carbocycles. The van der Waals surface area contributed by atoms with E-state index in [1.54, 1.807) is 20.8 Å². The van der Waals surface area contributed by atoms with Gasteiger partial charge in [-0.1, -0.05) is 123 Å². The van der Waals surface area contributed by atoms with Crippen molar-refractivity contribution < 1.29 is 18.0 Å². The number of carbonyl (C=O) groups excluding carboxylic acids is 2. The Morgan fingerprint density at radius 1 is 0.842 bits per heavy atom. The van der Waals surface area contributed by atoms with Gasteiger partial charge in [0, 0.05) is 12.0 Å². The van der Waals surface area contributed by atoms with Crippen molar-refractivity contribution in [2.24, 2.45) is 5.41 Å². The smallest absolute Gasteiger partial charge is 0.250 e. The van der Waals surface area contributed by atoms with Gasteiger partial charge in [0.15, 0.2) is 11.2 Å². The van der Waals surface area contributed by atoms with E-state index in [1.165, 1.54) is 88.8 Å². The van der Waals surface area contributed by atoms with E-state index >= 15 is 0 Å². The number of carbonyl (C=O) groups is 2. The summed E-state index contributed by atoms with van der Waals surface area (Å²) in [6, 6.07) is 4.05.